The van der Waals surface area contributed by atoms with E-state index in [9.17, 15) is 8.42 Å². The summed E-state index contributed by atoms with van der Waals surface area (Å²) in [4.78, 5) is 0. The number of nitrogens with zero attached hydrogens (tertiary/aromatic N) is 1. The molecule has 74 valence electrons. The monoisotopic (exact) mass is 195 g/mol. The van der Waals surface area contributed by atoms with Gasteiger partial charge in [-0.05, 0) is 19.4 Å². The molecule has 0 amide bonds. The van der Waals surface area contributed by atoms with Crippen molar-refractivity contribution < 1.29 is 8.42 Å². The van der Waals surface area contributed by atoms with E-state index in [2.05, 4.69) is 4.72 Å². The quantitative estimate of drug-likeness (QED) is 0.540. The molecule has 0 unspecified atom stereocenters. The van der Waals surface area contributed by atoms with Gasteiger partial charge in [0.05, 0.1) is 0 Å². The highest BCUT2D eigenvalue weighted by Crippen LogP contribution is 1.89. The zero-order valence-corrected chi connectivity index (χ0v) is 8.39. The summed E-state index contributed by atoms with van der Waals surface area (Å²) in [6.45, 7) is 1.06. The standard InChI is InChI=1S/C6H17N3O2S/c1-9(2)12(10,11)8-6-4-3-5-7/h8H,3-7H2,1-2H3. The van der Waals surface area contributed by atoms with Crippen LogP contribution in [-0.4, -0.2) is 39.9 Å². The molecular weight excluding hydrogens is 178 g/mol. The van der Waals surface area contributed by atoms with Crippen molar-refractivity contribution in [3.05, 3.63) is 0 Å². The number of rotatable bonds is 6. The van der Waals surface area contributed by atoms with Gasteiger partial charge in [-0.3, -0.25) is 0 Å². The molecule has 6 heteroatoms. The summed E-state index contributed by atoms with van der Waals surface area (Å²) < 4.78 is 25.7. The van der Waals surface area contributed by atoms with E-state index in [1.807, 2.05) is 0 Å². The van der Waals surface area contributed by atoms with Crippen molar-refractivity contribution in [2.75, 3.05) is 27.2 Å². The Morgan fingerprint density at radius 1 is 1.33 bits per heavy atom. The molecule has 0 spiro atoms. The van der Waals surface area contributed by atoms with Gasteiger partial charge >= 0.3 is 0 Å². The molecule has 0 saturated carbocycles. The van der Waals surface area contributed by atoms with Crippen LogP contribution >= 0.6 is 0 Å². The number of nitrogens with one attached hydrogen (secondary N) is 1. The summed E-state index contributed by atoms with van der Waals surface area (Å²) in [6.07, 6.45) is 1.62. The zero-order chi connectivity index (χ0) is 9.61. The molecule has 3 N–H and O–H groups in total. The summed E-state index contributed by atoms with van der Waals surface area (Å²) >= 11 is 0. The second-order valence-corrected chi connectivity index (χ2v) is 4.65. The lowest BCUT2D eigenvalue weighted by molar-refractivity contribution is 0.503. The summed E-state index contributed by atoms with van der Waals surface area (Å²) in [6, 6.07) is 0. The molecule has 0 rings (SSSR count). The second-order valence-electron chi connectivity index (χ2n) is 2.68. The highest BCUT2D eigenvalue weighted by atomic mass is 32.2. The molecule has 0 aliphatic rings. The lowest BCUT2D eigenvalue weighted by atomic mass is 10.3. The smallest absolute Gasteiger partial charge is 0.278 e. The molecule has 0 aliphatic carbocycles. The molecule has 0 aromatic rings. The van der Waals surface area contributed by atoms with E-state index in [0.29, 0.717) is 13.1 Å². The minimum atomic E-state index is -3.24. The van der Waals surface area contributed by atoms with Crippen LogP contribution in [0.1, 0.15) is 12.8 Å². The third kappa shape index (κ3) is 4.66. The van der Waals surface area contributed by atoms with Gasteiger partial charge < -0.3 is 5.73 Å². The van der Waals surface area contributed by atoms with Crippen molar-refractivity contribution in [3.63, 3.8) is 0 Å². The van der Waals surface area contributed by atoms with Gasteiger partial charge in [0.25, 0.3) is 10.2 Å². The first kappa shape index (κ1) is 11.8. The minimum absolute atomic E-state index is 0.456. The Morgan fingerprint density at radius 3 is 2.33 bits per heavy atom. The van der Waals surface area contributed by atoms with Crippen LogP contribution in [0.15, 0.2) is 0 Å². The predicted octanol–water partition coefficient (Wildman–Crippen LogP) is -0.879. The van der Waals surface area contributed by atoms with Gasteiger partial charge in [0.2, 0.25) is 0 Å². The van der Waals surface area contributed by atoms with Crippen molar-refractivity contribution >= 4 is 10.2 Å². The fourth-order valence-corrected chi connectivity index (χ4v) is 1.26. The number of hydrogen-bond acceptors (Lipinski definition) is 3. The Hall–Kier alpha value is -0.170. The van der Waals surface area contributed by atoms with Crippen molar-refractivity contribution in [1.29, 1.82) is 0 Å². The van der Waals surface area contributed by atoms with Gasteiger partial charge in [-0.1, -0.05) is 0 Å². The van der Waals surface area contributed by atoms with Gasteiger partial charge in [0.1, 0.15) is 0 Å². The first-order valence-corrected chi connectivity index (χ1v) is 5.32. The summed E-state index contributed by atoms with van der Waals surface area (Å²) in [5, 5.41) is 0. The Bertz CT molecular complexity index is 201. The highest BCUT2D eigenvalue weighted by Gasteiger charge is 2.10. The summed E-state index contributed by atoms with van der Waals surface area (Å²) in [5.74, 6) is 0. The minimum Gasteiger partial charge on any atom is -0.330 e. The SMILES string of the molecule is CN(C)S(=O)(=O)NCCCCN. The van der Waals surface area contributed by atoms with Crippen molar-refractivity contribution in [2.45, 2.75) is 12.8 Å². The maximum atomic E-state index is 11.1. The molecule has 0 fully saturated rings. The number of hydrogen-bond donors (Lipinski definition) is 2. The van der Waals surface area contributed by atoms with Gasteiger partial charge in [-0.25, -0.2) is 4.72 Å². The average molecular weight is 195 g/mol. The van der Waals surface area contributed by atoms with Gasteiger partial charge in [-0.15, -0.1) is 0 Å². The summed E-state index contributed by atoms with van der Waals surface area (Å²) in [7, 11) is -0.253. The molecule has 0 aromatic heterocycles. The van der Waals surface area contributed by atoms with Crippen molar-refractivity contribution in [3.8, 4) is 0 Å². The van der Waals surface area contributed by atoms with E-state index < -0.39 is 10.2 Å². The Labute approximate surface area is 74.1 Å². The van der Waals surface area contributed by atoms with Gasteiger partial charge in [0.15, 0.2) is 0 Å². The molecule has 0 atom stereocenters. The Balaban J connectivity index is 3.63. The van der Waals surface area contributed by atoms with Gasteiger partial charge in [-0.2, -0.15) is 12.7 Å². The van der Waals surface area contributed by atoms with Crippen LogP contribution < -0.4 is 10.5 Å². The number of nitrogens with two attached hydrogens (primary N) is 1. The normalized spacial score (nSPS) is 12.3. The third-order valence-corrected chi connectivity index (χ3v) is 2.93. The van der Waals surface area contributed by atoms with Crippen LogP contribution in [0.3, 0.4) is 0 Å². The average Bonchev–Trinajstić information content (AvgIpc) is 1.98. The molecule has 0 saturated heterocycles. The topological polar surface area (TPSA) is 75.4 Å². The van der Waals surface area contributed by atoms with E-state index >= 15 is 0 Å². The van der Waals surface area contributed by atoms with E-state index in [4.69, 9.17) is 5.73 Å². The molecule has 0 bridgehead atoms. The molecule has 0 aliphatic heterocycles. The second kappa shape index (κ2) is 5.47. The Kier molecular flexibility index (Phi) is 5.39. The fourth-order valence-electron chi connectivity index (χ4n) is 0.600. The van der Waals surface area contributed by atoms with E-state index in [1.165, 1.54) is 14.1 Å². The third-order valence-electron chi connectivity index (χ3n) is 1.40. The first-order chi connectivity index (χ1) is 5.50. The fraction of sp³-hybridized carbons (Fsp3) is 1.00. The first-order valence-electron chi connectivity index (χ1n) is 3.88. The zero-order valence-electron chi connectivity index (χ0n) is 7.58. The van der Waals surface area contributed by atoms with E-state index in [-0.39, 0.29) is 0 Å². The molecule has 12 heavy (non-hydrogen) atoms. The van der Waals surface area contributed by atoms with Crippen molar-refractivity contribution in [2.24, 2.45) is 5.73 Å². The molecule has 0 radical (unpaired) electrons. The van der Waals surface area contributed by atoms with Crippen LogP contribution in [0.25, 0.3) is 0 Å². The van der Waals surface area contributed by atoms with E-state index in [1.54, 1.807) is 0 Å². The number of unbranched alkanes of at least 4 members (excludes halogenated alkanes) is 1. The van der Waals surface area contributed by atoms with Crippen LogP contribution in [0.2, 0.25) is 0 Å². The van der Waals surface area contributed by atoms with Crippen molar-refractivity contribution in [1.82, 2.24) is 9.03 Å². The molecular formula is C6H17N3O2S. The lowest BCUT2D eigenvalue weighted by Gasteiger charge is -2.11. The van der Waals surface area contributed by atoms with Crippen LogP contribution in [0, 0.1) is 0 Å². The largest absolute Gasteiger partial charge is 0.330 e. The summed E-state index contributed by atoms with van der Waals surface area (Å²) in [5.41, 5.74) is 5.25. The Morgan fingerprint density at radius 2 is 1.92 bits per heavy atom. The highest BCUT2D eigenvalue weighted by molar-refractivity contribution is 7.87. The predicted molar refractivity (Wildman–Crippen MR) is 48.9 cm³/mol. The molecule has 5 nitrogen and oxygen atoms in total. The molecule has 0 aromatic carbocycles. The maximum Gasteiger partial charge on any atom is 0.278 e. The maximum absolute atomic E-state index is 11.1. The van der Waals surface area contributed by atoms with Gasteiger partial charge in [0, 0.05) is 20.6 Å². The molecule has 0 heterocycles. The van der Waals surface area contributed by atoms with Crippen LogP contribution in [0.4, 0.5) is 0 Å². The van der Waals surface area contributed by atoms with Crippen LogP contribution in [0.5, 0.6) is 0 Å². The van der Waals surface area contributed by atoms with E-state index in [0.717, 1.165) is 17.1 Å². The van der Waals surface area contributed by atoms with Crippen LogP contribution in [-0.2, 0) is 10.2 Å². The lowest BCUT2D eigenvalue weighted by Crippen LogP contribution is -2.36.